The molecule has 4 nitrogen and oxygen atoms in total. The summed E-state index contributed by atoms with van der Waals surface area (Å²) in [7, 11) is 0. The highest BCUT2D eigenvalue weighted by molar-refractivity contribution is 5.85. The fraction of sp³-hybridized carbons (Fsp3) is 0.500. The van der Waals surface area contributed by atoms with Crippen molar-refractivity contribution in [3.05, 3.63) is 29.8 Å². The number of amides is 1. The van der Waals surface area contributed by atoms with Crippen molar-refractivity contribution in [2.45, 2.75) is 38.7 Å². The normalized spacial score (nSPS) is 18.7. The maximum atomic E-state index is 12.1. The third-order valence-electron chi connectivity index (χ3n) is 2.86. The topological polar surface area (TPSA) is 50.4 Å². The van der Waals surface area contributed by atoms with Gasteiger partial charge in [0.1, 0.15) is 0 Å². The van der Waals surface area contributed by atoms with Gasteiger partial charge in [-0.25, -0.2) is 5.48 Å². The van der Waals surface area contributed by atoms with E-state index in [1.165, 1.54) is 0 Å². The number of hydroxylamine groups is 1. The van der Waals surface area contributed by atoms with E-state index in [0.717, 1.165) is 24.2 Å². The van der Waals surface area contributed by atoms with Crippen molar-refractivity contribution in [1.82, 2.24) is 5.48 Å². The van der Waals surface area contributed by atoms with Crippen LogP contribution in [0.1, 0.15) is 38.7 Å². The number of hydrogen-bond donors (Lipinski definition) is 2. The quantitative estimate of drug-likeness (QED) is 0.790. The number of benzene rings is 1. The Hall–Kier alpha value is -1.55. The van der Waals surface area contributed by atoms with Crippen LogP contribution in [0.3, 0.4) is 0 Å². The Morgan fingerprint density at radius 3 is 2.83 bits per heavy atom. The zero-order chi connectivity index (χ0) is 13.2. The Labute approximate surface area is 108 Å². The molecule has 0 aliphatic carbocycles. The second-order valence-corrected chi connectivity index (χ2v) is 5.54. The SMILES string of the molecule is CC(C)(C)ONC(=O)C1CCNc2ccccc21. The second kappa shape index (κ2) is 4.98. The van der Waals surface area contributed by atoms with E-state index in [1.807, 2.05) is 45.0 Å². The molecule has 0 fully saturated rings. The molecule has 0 saturated carbocycles. The lowest BCUT2D eigenvalue weighted by Crippen LogP contribution is -2.38. The van der Waals surface area contributed by atoms with Gasteiger partial charge in [0.15, 0.2) is 0 Å². The average Bonchev–Trinajstić information content (AvgIpc) is 2.34. The zero-order valence-corrected chi connectivity index (χ0v) is 11.1. The van der Waals surface area contributed by atoms with Crippen LogP contribution >= 0.6 is 0 Å². The first-order valence-corrected chi connectivity index (χ1v) is 6.28. The number of fused-ring (bicyclic) bond motifs is 1. The molecular weight excluding hydrogens is 228 g/mol. The number of hydrogen-bond acceptors (Lipinski definition) is 3. The van der Waals surface area contributed by atoms with E-state index in [2.05, 4.69) is 10.8 Å². The summed E-state index contributed by atoms with van der Waals surface area (Å²) in [5, 5.41) is 3.30. The van der Waals surface area contributed by atoms with Crippen LogP contribution in [0.25, 0.3) is 0 Å². The first-order valence-electron chi connectivity index (χ1n) is 6.28. The van der Waals surface area contributed by atoms with Crippen LogP contribution in [0.5, 0.6) is 0 Å². The molecule has 1 aliphatic heterocycles. The first-order chi connectivity index (χ1) is 8.47. The largest absolute Gasteiger partial charge is 0.385 e. The Bertz CT molecular complexity index is 438. The average molecular weight is 248 g/mol. The molecule has 98 valence electrons. The molecule has 2 rings (SSSR count). The number of nitrogens with one attached hydrogen (secondary N) is 2. The van der Waals surface area contributed by atoms with Crippen LogP contribution < -0.4 is 10.8 Å². The molecule has 1 aromatic carbocycles. The van der Waals surface area contributed by atoms with Gasteiger partial charge in [-0.3, -0.25) is 9.63 Å². The van der Waals surface area contributed by atoms with Crippen molar-refractivity contribution in [3.8, 4) is 0 Å². The second-order valence-electron chi connectivity index (χ2n) is 5.54. The molecule has 1 aromatic rings. The number of anilines is 1. The Morgan fingerprint density at radius 2 is 2.11 bits per heavy atom. The summed E-state index contributed by atoms with van der Waals surface area (Å²) >= 11 is 0. The summed E-state index contributed by atoms with van der Waals surface area (Å²) in [6.07, 6.45) is 0.788. The highest BCUT2D eigenvalue weighted by atomic mass is 16.7. The van der Waals surface area contributed by atoms with Gasteiger partial charge in [-0.2, -0.15) is 0 Å². The number of carbonyl (C=O) groups excluding carboxylic acids is 1. The van der Waals surface area contributed by atoms with Crippen molar-refractivity contribution < 1.29 is 9.63 Å². The van der Waals surface area contributed by atoms with Crippen LogP contribution in [-0.2, 0) is 9.63 Å². The lowest BCUT2D eigenvalue weighted by Gasteiger charge is -2.27. The number of para-hydroxylation sites is 1. The van der Waals surface area contributed by atoms with Gasteiger partial charge in [0.25, 0.3) is 5.91 Å². The molecule has 1 aliphatic rings. The predicted octanol–water partition coefficient (Wildman–Crippen LogP) is 2.43. The molecule has 0 aromatic heterocycles. The molecule has 0 saturated heterocycles. The van der Waals surface area contributed by atoms with E-state index in [1.54, 1.807) is 0 Å². The van der Waals surface area contributed by atoms with Gasteiger partial charge in [-0.15, -0.1) is 0 Å². The number of carbonyl (C=O) groups is 1. The molecule has 18 heavy (non-hydrogen) atoms. The highest BCUT2D eigenvalue weighted by Crippen LogP contribution is 2.31. The molecule has 1 atom stereocenters. The van der Waals surface area contributed by atoms with Gasteiger partial charge in [-0.05, 0) is 38.8 Å². The van der Waals surface area contributed by atoms with E-state index < -0.39 is 0 Å². The highest BCUT2D eigenvalue weighted by Gasteiger charge is 2.27. The standard InChI is InChI=1S/C14H20N2O2/c1-14(2,3)18-16-13(17)11-8-9-15-12-7-5-4-6-10(11)12/h4-7,11,15H,8-9H2,1-3H3,(H,16,17). The maximum absolute atomic E-state index is 12.1. The lowest BCUT2D eigenvalue weighted by molar-refractivity contribution is -0.147. The van der Waals surface area contributed by atoms with Gasteiger partial charge in [0, 0.05) is 12.2 Å². The lowest BCUT2D eigenvalue weighted by atomic mass is 9.90. The summed E-state index contributed by atoms with van der Waals surface area (Å²) in [5.74, 6) is -0.205. The van der Waals surface area contributed by atoms with Crippen LogP contribution in [0.15, 0.2) is 24.3 Å². The van der Waals surface area contributed by atoms with E-state index in [4.69, 9.17) is 4.84 Å². The van der Waals surface area contributed by atoms with Crippen molar-refractivity contribution in [1.29, 1.82) is 0 Å². The summed E-state index contributed by atoms with van der Waals surface area (Å²) in [4.78, 5) is 17.5. The minimum absolute atomic E-state index is 0.0705. The van der Waals surface area contributed by atoms with E-state index >= 15 is 0 Å². The van der Waals surface area contributed by atoms with E-state index in [9.17, 15) is 4.79 Å². The fourth-order valence-corrected chi connectivity index (χ4v) is 2.02. The van der Waals surface area contributed by atoms with Crippen LogP contribution in [0.2, 0.25) is 0 Å². The summed E-state index contributed by atoms with van der Waals surface area (Å²) in [5.41, 5.74) is 4.28. The molecule has 4 heteroatoms. The Kier molecular flexibility index (Phi) is 3.57. The molecule has 0 radical (unpaired) electrons. The molecule has 1 amide bonds. The van der Waals surface area contributed by atoms with Crippen molar-refractivity contribution in [2.75, 3.05) is 11.9 Å². The third-order valence-corrected chi connectivity index (χ3v) is 2.86. The molecule has 2 N–H and O–H groups in total. The monoisotopic (exact) mass is 248 g/mol. The van der Waals surface area contributed by atoms with E-state index in [-0.39, 0.29) is 17.4 Å². The van der Waals surface area contributed by atoms with Crippen molar-refractivity contribution in [2.24, 2.45) is 0 Å². The Balaban J connectivity index is 2.08. The van der Waals surface area contributed by atoms with Gasteiger partial charge in [-0.1, -0.05) is 18.2 Å². The first kappa shape index (κ1) is 12.9. The maximum Gasteiger partial charge on any atom is 0.251 e. The van der Waals surface area contributed by atoms with Crippen LogP contribution in [0.4, 0.5) is 5.69 Å². The smallest absolute Gasteiger partial charge is 0.251 e. The summed E-state index contributed by atoms with van der Waals surface area (Å²) < 4.78 is 0. The Morgan fingerprint density at radius 1 is 1.39 bits per heavy atom. The van der Waals surface area contributed by atoms with Crippen LogP contribution in [-0.4, -0.2) is 18.1 Å². The van der Waals surface area contributed by atoms with Gasteiger partial charge in [0.2, 0.25) is 0 Å². The fourth-order valence-electron chi connectivity index (χ4n) is 2.02. The molecule has 0 spiro atoms. The molecule has 0 bridgehead atoms. The predicted molar refractivity (Wildman–Crippen MR) is 71.3 cm³/mol. The number of rotatable bonds is 2. The molecular formula is C14H20N2O2. The molecule has 1 heterocycles. The van der Waals surface area contributed by atoms with Gasteiger partial charge in [0.05, 0.1) is 11.5 Å². The van der Waals surface area contributed by atoms with Crippen molar-refractivity contribution in [3.63, 3.8) is 0 Å². The minimum atomic E-state index is -0.373. The van der Waals surface area contributed by atoms with Crippen molar-refractivity contribution >= 4 is 11.6 Å². The molecule has 1 unspecified atom stereocenters. The minimum Gasteiger partial charge on any atom is -0.385 e. The van der Waals surface area contributed by atoms with Gasteiger partial charge >= 0.3 is 0 Å². The van der Waals surface area contributed by atoms with E-state index in [0.29, 0.717) is 0 Å². The zero-order valence-electron chi connectivity index (χ0n) is 11.1. The summed E-state index contributed by atoms with van der Waals surface area (Å²) in [6, 6.07) is 7.91. The third kappa shape index (κ3) is 3.01. The summed E-state index contributed by atoms with van der Waals surface area (Å²) in [6.45, 7) is 6.53. The van der Waals surface area contributed by atoms with Crippen LogP contribution in [0, 0.1) is 0 Å². The van der Waals surface area contributed by atoms with Gasteiger partial charge < -0.3 is 5.32 Å².